The van der Waals surface area contributed by atoms with E-state index in [2.05, 4.69) is 62.5 Å². The van der Waals surface area contributed by atoms with E-state index in [9.17, 15) is 29.3 Å². The number of phosphoric acid groups is 1. The van der Waals surface area contributed by atoms with Crippen molar-refractivity contribution in [3.8, 4) is 0 Å². The van der Waals surface area contributed by atoms with Gasteiger partial charge < -0.3 is 24.6 Å². The van der Waals surface area contributed by atoms with E-state index in [0.717, 1.165) is 83.5 Å². The third-order valence-electron chi connectivity index (χ3n) is 8.06. The maximum Gasteiger partial charge on any atom is 0.472 e. The van der Waals surface area contributed by atoms with Crippen LogP contribution in [0, 0.1) is 0 Å². The molecule has 0 saturated carbocycles. The number of unbranched alkanes of at least 4 members (excludes halogenated alkanes) is 14. The van der Waals surface area contributed by atoms with E-state index in [1.807, 2.05) is 0 Å². The summed E-state index contributed by atoms with van der Waals surface area (Å²) in [5, 5.41) is 19.1. The van der Waals surface area contributed by atoms with Crippen molar-refractivity contribution in [3.05, 3.63) is 48.6 Å². The maximum absolute atomic E-state index is 12.3. The Labute approximate surface area is 309 Å². The lowest BCUT2D eigenvalue weighted by Gasteiger charge is -2.20. The lowest BCUT2D eigenvalue weighted by molar-refractivity contribution is -0.153. The third-order valence-corrected chi connectivity index (χ3v) is 9.01. The van der Waals surface area contributed by atoms with Crippen LogP contribution in [0.25, 0.3) is 0 Å². The summed E-state index contributed by atoms with van der Waals surface area (Å²) in [4.78, 5) is 34.3. The highest BCUT2D eigenvalue weighted by Crippen LogP contribution is 2.43. The van der Waals surface area contributed by atoms with E-state index in [0.29, 0.717) is 12.8 Å². The number of ether oxygens (including phenoxy) is 2. The van der Waals surface area contributed by atoms with Gasteiger partial charge in [-0.2, -0.15) is 0 Å². The molecule has 10 nitrogen and oxygen atoms in total. The average Bonchev–Trinajstić information content (AvgIpc) is 3.12. The van der Waals surface area contributed by atoms with Gasteiger partial charge in [-0.25, -0.2) is 4.57 Å². The first-order chi connectivity index (χ1) is 24.8. The third kappa shape index (κ3) is 34.8. The first kappa shape index (κ1) is 48.9. The molecule has 0 aromatic rings. The van der Waals surface area contributed by atoms with Crippen LogP contribution in [0.1, 0.15) is 155 Å². The molecule has 11 heteroatoms. The van der Waals surface area contributed by atoms with Gasteiger partial charge in [-0.3, -0.25) is 18.6 Å². The van der Waals surface area contributed by atoms with Gasteiger partial charge in [0.15, 0.2) is 0 Å². The van der Waals surface area contributed by atoms with Gasteiger partial charge in [0.25, 0.3) is 0 Å². The predicted molar refractivity (Wildman–Crippen MR) is 205 cm³/mol. The van der Waals surface area contributed by atoms with Crippen LogP contribution < -0.4 is 0 Å². The fourth-order valence-electron chi connectivity index (χ4n) is 5.05. The van der Waals surface area contributed by atoms with Gasteiger partial charge in [-0.1, -0.05) is 140 Å². The van der Waals surface area contributed by atoms with Crippen molar-refractivity contribution in [1.29, 1.82) is 0 Å². The molecule has 0 bridgehead atoms. The number of allylic oxidation sites excluding steroid dienone is 8. The summed E-state index contributed by atoms with van der Waals surface area (Å²) >= 11 is 0. The fourth-order valence-corrected chi connectivity index (χ4v) is 5.83. The van der Waals surface area contributed by atoms with Gasteiger partial charge in [0.2, 0.25) is 0 Å². The van der Waals surface area contributed by atoms with Crippen LogP contribution in [0.3, 0.4) is 0 Å². The van der Waals surface area contributed by atoms with Crippen molar-refractivity contribution in [2.75, 3.05) is 26.4 Å². The molecule has 51 heavy (non-hydrogen) atoms. The Morgan fingerprint density at radius 1 is 0.549 bits per heavy atom. The number of esters is 2. The zero-order chi connectivity index (χ0) is 37.7. The Hall–Kier alpha value is -2.07. The van der Waals surface area contributed by atoms with E-state index >= 15 is 0 Å². The molecular weight excluding hydrogens is 671 g/mol. The molecule has 0 rings (SSSR count). The Balaban J connectivity index is 3.97. The highest BCUT2D eigenvalue weighted by Gasteiger charge is 2.27. The quantitative estimate of drug-likeness (QED) is 0.0245. The van der Waals surface area contributed by atoms with E-state index in [1.54, 1.807) is 0 Å². The van der Waals surface area contributed by atoms with Crippen molar-refractivity contribution in [1.82, 2.24) is 0 Å². The molecule has 0 heterocycles. The molecule has 0 radical (unpaired) electrons. The molecule has 0 fully saturated rings. The number of hydrogen-bond donors (Lipinski definition) is 3. The van der Waals surface area contributed by atoms with Crippen LogP contribution in [0.5, 0.6) is 0 Å². The zero-order valence-corrected chi connectivity index (χ0v) is 32.7. The Morgan fingerprint density at radius 2 is 0.922 bits per heavy atom. The van der Waals surface area contributed by atoms with E-state index < -0.39 is 58.4 Å². The minimum absolute atomic E-state index is 0.175. The lowest BCUT2D eigenvalue weighted by Crippen LogP contribution is -2.28. The lowest BCUT2D eigenvalue weighted by atomic mass is 10.1. The molecule has 3 unspecified atom stereocenters. The number of rotatable bonds is 36. The summed E-state index contributed by atoms with van der Waals surface area (Å²) in [7, 11) is -4.63. The van der Waals surface area contributed by atoms with Crippen molar-refractivity contribution in [2.45, 2.75) is 167 Å². The Morgan fingerprint density at radius 3 is 1.33 bits per heavy atom. The van der Waals surface area contributed by atoms with Crippen molar-refractivity contribution < 1.29 is 47.8 Å². The van der Waals surface area contributed by atoms with Crippen LogP contribution in [-0.2, 0) is 32.7 Å². The van der Waals surface area contributed by atoms with Gasteiger partial charge in [0.1, 0.15) is 12.2 Å². The first-order valence-corrected chi connectivity index (χ1v) is 21.1. The van der Waals surface area contributed by atoms with Crippen LogP contribution in [0.15, 0.2) is 48.6 Å². The fraction of sp³-hybridized carbons (Fsp3) is 0.750. The molecule has 0 saturated heterocycles. The summed E-state index contributed by atoms with van der Waals surface area (Å²) in [6, 6.07) is 0. The minimum atomic E-state index is -4.63. The number of carbonyl (C=O) groups excluding carboxylic acids is 2. The molecule has 3 N–H and O–H groups in total. The topological polar surface area (TPSA) is 149 Å². The monoisotopic (exact) mass is 742 g/mol. The summed E-state index contributed by atoms with van der Waals surface area (Å²) in [6.45, 7) is 2.03. The first-order valence-electron chi connectivity index (χ1n) is 19.6. The summed E-state index contributed by atoms with van der Waals surface area (Å²) in [6.07, 6.45) is 36.7. The summed E-state index contributed by atoms with van der Waals surface area (Å²) in [5.74, 6) is -1.04. The molecular formula is C40H71O10P. The number of phosphoric ester groups is 1. The number of aliphatic hydroxyl groups excluding tert-OH is 2. The highest BCUT2D eigenvalue weighted by molar-refractivity contribution is 7.47. The standard InChI is InChI=1S/C40H71O10P/c1-3-5-7-9-11-13-14-15-16-17-18-19-20-21-22-24-26-28-30-32-40(44)50-38(34-42)36-48-51(45,46)47-35-37(33-41)49-39(43)31-29-27-25-23-12-10-8-6-4-2/h5,7,11,13,15-16,18-19,37-38,41-42H,3-4,6,8-10,12,14,17,20-36H2,1-2H3,(H,45,46)/b7-5-,13-11-,16-15-,19-18-. The van der Waals surface area contributed by atoms with Crippen LogP contribution >= 0.6 is 7.82 Å². The minimum Gasteiger partial charge on any atom is -0.457 e. The second kappa shape index (κ2) is 36.3. The molecule has 0 spiro atoms. The smallest absolute Gasteiger partial charge is 0.457 e. The maximum atomic E-state index is 12.3. The Bertz CT molecular complexity index is 994. The zero-order valence-electron chi connectivity index (χ0n) is 31.8. The molecule has 0 aliphatic carbocycles. The molecule has 0 aromatic carbocycles. The second-order valence-electron chi connectivity index (χ2n) is 12.9. The van der Waals surface area contributed by atoms with Gasteiger partial charge in [0.05, 0.1) is 26.4 Å². The van der Waals surface area contributed by atoms with Crippen molar-refractivity contribution >= 4 is 19.8 Å². The van der Waals surface area contributed by atoms with Crippen LogP contribution in [0.2, 0.25) is 0 Å². The van der Waals surface area contributed by atoms with Gasteiger partial charge in [-0.15, -0.1) is 0 Å². The normalized spacial score (nSPS) is 14.5. The van der Waals surface area contributed by atoms with Crippen molar-refractivity contribution in [2.24, 2.45) is 0 Å². The highest BCUT2D eigenvalue weighted by atomic mass is 31.2. The number of hydrogen-bond acceptors (Lipinski definition) is 9. The van der Waals surface area contributed by atoms with E-state index in [-0.39, 0.29) is 12.8 Å². The van der Waals surface area contributed by atoms with Crippen LogP contribution in [0.4, 0.5) is 0 Å². The summed E-state index contributed by atoms with van der Waals surface area (Å²) in [5.41, 5.74) is 0. The second-order valence-corrected chi connectivity index (χ2v) is 14.3. The van der Waals surface area contributed by atoms with Gasteiger partial charge in [-0.05, 0) is 51.4 Å². The van der Waals surface area contributed by atoms with E-state index in [1.165, 1.54) is 32.1 Å². The molecule has 3 atom stereocenters. The molecule has 296 valence electrons. The molecule has 0 aliphatic heterocycles. The number of aliphatic hydroxyl groups is 2. The Kier molecular flexibility index (Phi) is 34.8. The molecule has 0 aromatic heterocycles. The van der Waals surface area contributed by atoms with Crippen LogP contribution in [-0.4, -0.2) is 65.7 Å². The number of carbonyl (C=O) groups is 2. The average molecular weight is 743 g/mol. The molecule has 0 amide bonds. The SMILES string of the molecule is CC/C=C\C/C=C\C/C=C\C/C=C\CCCCCCCCC(=O)OC(CO)COP(=O)(O)OCC(CO)OC(=O)CCCCCCCCCCC. The van der Waals surface area contributed by atoms with Gasteiger partial charge >= 0.3 is 19.8 Å². The van der Waals surface area contributed by atoms with Crippen molar-refractivity contribution in [3.63, 3.8) is 0 Å². The molecule has 0 aliphatic rings. The summed E-state index contributed by atoms with van der Waals surface area (Å²) < 4.78 is 32.4. The predicted octanol–water partition coefficient (Wildman–Crippen LogP) is 9.78. The van der Waals surface area contributed by atoms with E-state index in [4.69, 9.17) is 18.5 Å². The van der Waals surface area contributed by atoms with Gasteiger partial charge in [0, 0.05) is 12.8 Å². The largest absolute Gasteiger partial charge is 0.472 e.